The van der Waals surface area contributed by atoms with Gasteiger partial charge in [0, 0.05) is 18.1 Å². The molecule has 2 aromatic carbocycles. The molecule has 1 heterocycles. The Kier molecular flexibility index (Phi) is 3.83. The maximum atomic E-state index is 13.1. The highest BCUT2D eigenvalue weighted by Gasteiger charge is 2.54. The Bertz CT molecular complexity index is 728. The van der Waals surface area contributed by atoms with Gasteiger partial charge in [-0.05, 0) is 43.3 Å². The van der Waals surface area contributed by atoms with Gasteiger partial charge in [-0.1, -0.05) is 18.2 Å². The summed E-state index contributed by atoms with van der Waals surface area (Å²) in [7, 11) is 1.59. The van der Waals surface area contributed by atoms with Crippen LogP contribution in [0.5, 0.6) is 5.75 Å². The topological polar surface area (TPSA) is 58.8 Å². The molecule has 0 spiro atoms. The van der Waals surface area contributed by atoms with Crippen LogP contribution in [0.25, 0.3) is 0 Å². The van der Waals surface area contributed by atoms with Crippen LogP contribution in [0.2, 0.25) is 0 Å². The Morgan fingerprint density at radius 2 is 1.74 bits per heavy atom. The van der Waals surface area contributed by atoms with Gasteiger partial charge in [0.05, 0.1) is 7.11 Å². The van der Waals surface area contributed by atoms with E-state index in [4.69, 9.17) is 4.74 Å². The van der Waals surface area contributed by atoms with Gasteiger partial charge in [-0.25, -0.2) is 0 Å². The standard InChI is InChI=1S/C18H20N2O3/c1-13-17(14-7-5-4-6-8-14)20(22)18(2,19(13)21)15-9-11-16(23-3)12-10-15/h4-13,21H,1-3H3/t13-,18-/m1/s1. The van der Waals surface area contributed by atoms with E-state index in [1.807, 2.05) is 37.3 Å². The molecule has 2 aromatic rings. The van der Waals surface area contributed by atoms with E-state index in [0.29, 0.717) is 17.0 Å². The lowest BCUT2D eigenvalue weighted by atomic mass is 10.0. The molecule has 120 valence electrons. The molecule has 0 saturated heterocycles. The number of nitrogens with zero attached hydrogens (tertiary/aromatic N) is 2. The van der Waals surface area contributed by atoms with Gasteiger partial charge in [0.2, 0.25) is 5.71 Å². The molecule has 1 aliphatic heterocycles. The largest absolute Gasteiger partial charge is 0.622 e. The van der Waals surface area contributed by atoms with E-state index in [2.05, 4.69) is 0 Å². The van der Waals surface area contributed by atoms with E-state index in [0.717, 1.165) is 15.4 Å². The zero-order valence-corrected chi connectivity index (χ0v) is 13.4. The fourth-order valence-corrected chi connectivity index (χ4v) is 3.11. The molecule has 3 rings (SSSR count). The first kappa shape index (κ1) is 15.5. The Hall–Kier alpha value is -2.37. The van der Waals surface area contributed by atoms with Crippen molar-refractivity contribution in [3.63, 3.8) is 0 Å². The van der Waals surface area contributed by atoms with Crippen molar-refractivity contribution in [1.82, 2.24) is 5.06 Å². The molecule has 0 fully saturated rings. The minimum Gasteiger partial charge on any atom is -0.622 e. The van der Waals surface area contributed by atoms with Crippen LogP contribution in [0.15, 0.2) is 54.6 Å². The molecule has 0 amide bonds. The molecule has 0 radical (unpaired) electrons. The number of hydroxylamine groups is 3. The van der Waals surface area contributed by atoms with Crippen LogP contribution < -0.4 is 4.74 Å². The maximum Gasteiger partial charge on any atom is 0.274 e. The van der Waals surface area contributed by atoms with Gasteiger partial charge in [-0.15, -0.1) is 5.06 Å². The number of hydrogen-bond donors (Lipinski definition) is 1. The minimum absolute atomic E-state index is 0.415. The number of benzene rings is 2. The van der Waals surface area contributed by atoms with Crippen LogP contribution in [-0.2, 0) is 5.66 Å². The van der Waals surface area contributed by atoms with Crippen LogP contribution in [0.4, 0.5) is 0 Å². The van der Waals surface area contributed by atoms with Crippen LogP contribution in [0.3, 0.4) is 0 Å². The lowest BCUT2D eigenvalue weighted by Crippen LogP contribution is -2.45. The molecule has 1 aliphatic rings. The van der Waals surface area contributed by atoms with Crippen LogP contribution in [-0.4, -0.2) is 33.9 Å². The zero-order chi connectivity index (χ0) is 16.6. The molecule has 0 saturated carbocycles. The molecule has 23 heavy (non-hydrogen) atoms. The highest BCUT2D eigenvalue weighted by atomic mass is 16.6. The average molecular weight is 312 g/mol. The Labute approximate surface area is 135 Å². The quantitative estimate of drug-likeness (QED) is 0.699. The van der Waals surface area contributed by atoms with Crippen molar-refractivity contribution in [3.8, 4) is 5.75 Å². The summed E-state index contributed by atoms with van der Waals surface area (Å²) >= 11 is 0. The van der Waals surface area contributed by atoms with Gasteiger partial charge in [-0.3, -0.25) is 0 Å². The SMILES string of the molecule is COc1ccc([C@]2(C)N(O)[C@H](C)C(c3ccccc3)=[N+]2[O-])cc1. The van der Waals surface area contributed by atoms with Crippen molar-refractivity contribution in [2.24, 2.45) is 0 Å². The molecular formula is C18H20N2O3. The third-order valence-electron chi connectivity index (χ3n) is 4.53. The highest BCUT2D eigenvalue weighted by Crippen LogP contribution is 2.36. The summed E-state index contributed by atoms with van der Waals surface area (Å²) in [6.07, 6.45) is 0. The van der Waals surface area contributed by atoms with Crippen LogP contribution in [0.1, 0.15) is 25.0 Å². The van der Waals surface area contributed by atoms with E-state index in [9.17, 15) is 10.4 Å². The summed E-state index contributed by atoms with van der Waals surface area (Å²) in [4.78, 5) is 0. The molecule has 1 N–H and O–H groups in total. The number of ether oxygens (including phenoxy) is 1. The smallest absolute Gasteiger partial charge is 0.274 e. The molecule has 0 unspecified atom stereocenters. The summed E-state index contributed by atoms with van der Waals surface area (Å²) in [6.45, 7) is 3.54. The first-order valence-electron chi connectivity index (χ1n) is 7.52. The Balaban J connectivity index is 2.12. The molecule has 5 nitrogen and oxygen atoms in total. The predicted octanol–water partition coefficient (Wildman–Crippen LogP) is 2.96. The second kappa shape index (κ2) is 5.68. The van der Waals surface area contributed by atoms with Gasteiger partial charge in [-0.2, -0.15) is 4.74 Å². The summed E-state index contributed by atoms with van der Waals surface area (Å²) in [5.41, 5.74) is 0.878. The number of rotatable bonds is 3. The fourth-order valence-electron chi connectivity index (χ4n) is 3.11. The van der Waals surface area contributed by atoms with Gasteiger partial charge in [0.1, 0.15) is 11.8 Å². The van der Waals surface area contributed by atoms with E-state index in [-0.39, 0.29) is 0 Å². The summed E-state index contributed by atoms with van der Waals surface area (Å²) in [5.74, 6) is 0.706. The lowest BCUT2D eigenvalue weighted by molar-refractivity contribution is -0.595. The fraction of sp³-hybridized carbons (Fsp3) is 0.278. The van der Waals surface area contributed by atoms with Crippen LogP contribution >= 0.6 is 0 Å². The van der Waals surface area contributed by atoms with Crippen molar-refractivity contribution >= 4 is 5.71 Å². The van der Waals surface area contributed by atoms with E-state index < -0.39 is 11.7 Å². The van der Waals surface area contributed by atoms with Crippen molar-refractivity contribution in [1.29, 1.82) is 0 Å². The Morgan fingerprint density at radius 3 is 2.30 bits per heavy atom. The molecule has 5 heteroatoms. The van der Waals surface area contributed by atoms with Gasteiger partial charge >= 0.3 is 0 Å². The normalized spacial score (nSPS) is 25.0. The molecule has 0 bridgehead atoms. The first-order valence-corrected chi connectivity index (χ1v) is 7.52. The zero-order valence-electron chi connectivity index (χ0n) is 13.4. The third-order valence-corrected chi connectivity index (χ3v) is 4.53. The lowest BCUT2D eigenvalue weighted by Gasteiger charge is -2.29. The summed E-state index contributed by atoms with van der Waals surface area (Å²) in [5, 5.41) is 24.8. The van der Waals surface area contributed by atoms with Gasteiger partial charge in [0.25, 0.3) is 5.66 Å². The molecule has 0 aromatic heterocycles. The Morgan fingerprint density at radius 1 is 1.13 bits per heavy atom. The first-order chi connectivity index (χ1) is 11.0. The predicted molar refractivity (Wildman–Crippen MR) is 87.6 cm³/mol. The van der Waals surface area contributed by atoms with Crippen molar-refractivity contribution < 1.29 is 14.7 Å². The van der Waals surface area contributed by atoms with Crippen molar-refractivity contribution in [2.75, 3.05) is 7.11 Å². The average Bonchev–Trinajstić information content (AvgIpc) is 2.77. The van der Waals surface area contributed by atoms with E-state index in [1.165, 1.54) is 0 Å². The monoisotopic (exact) mass is 312 g/mol. The number of hydrogen-bond acceptors (Lipinski definition) is 4. The second-order valence-corrected chi connectivity index (χ2v) is 5.82. The van der Waals surface area contributed by atoms with Crippen molar-refractivity contribution in [3.05, 3.63) is 70.9 Å². The second-order valence-electron chi connectivity index (χ2n) is 5.82. The summed E-state index contributed by atoms with van der Waals surface area (Å²) in [6, 6.07) is 16.2. The summed E-state index contributed by atoms with van der Waals surface area (Å²) < 4.78 is 6.05. The van der Waals surface area contributed by atoms with Gasteiger partial charge < -0.3 is 15.2 Å². The van der Waals surface area contributed by atoms with Crippen LogP contribution in [0, 0.1) is 5.21 Å². The van der Waals surface area contributed by atoms with E-state index >= 15 is 0 Å². The molecule has 2 atom stereocenters. The molecular weight excluding hydrogens is 292 g/mol. The van der Waals surface area contributed by atoms with E-state index in [1.54, 1.807) is 38.3 Å². The van der Waals surface area contributed by atoms with Gasteiger partial charge in [0.15, 0.2) is 0 Å². The third kappa shape index (κ3) is 2.29. The minimum atomic E-state index is -1.18. The molecule has 0 aliphatic carbocycles. The maximum absolute atomic E-state index is 13.1. The number of methoxy groups -OCH3 is 1. The highest BCUT2D eigenvalue weighted by molar-refractivity contribution is 6.01. The van der Waals surface area contributed by atoms with Crippen molar-refractivity contribution in [2.45, 2.75) is 25.6 Å².